The number of nitrogens with one attached hydrogen (secondary N) is 1. The van der Waals surface area contributed by atoms with Gasteiger partial charge < -0.3 is 4.42 Å². The summed E-state index contributed by atoms with van der Waals surface area (Å²) in [5, 5.41) is 4.17. The van der Waals surface area contributed by atoms with E-state index in [1.165, 1.54) is 6.42 Å². The standard InChI is InChI=1S/C28H34N4O2/c1-18-11-12-24-21(15-18)30-27(34-24)31-26-29-22-16-20(19-9-5-2-3-6-10-19)17-23(33)25(22)28(32-26)13-7-4-8-14-28/h2-3,5-6,12,15,18-20,25H,4,7-11,13-14,16-17H2,1H3,(H,30,31,32). The highest BCUT2D eigenvalue weighted by atomic mass is 16.4. The number of nitrogens with zero attached hydrogens (tertiary/aromatic N) is 3. The second kappa shape index (κ2) is 8.79. The molecular formula is C28H34N4O2. The summed E-state index contributed by atoms with van der Waals surface area (Å²) in [6, 6.07) is 0.442. The minimum Gasteiger partial charge on any atom is -0.424 e. The molecule has 0 saturated heterocycles. The van der Waals surface area contributed by atoms with E-state index in [0.29, 0.717) is 41.9 Å². The minimum atomic E-state index is -0.359. The van der Waals surface area contributed by atoms with E-state index in [-0.39, 0.29) is 11.5 Å². The first-order valence-electron chi connectivity index (χ1n) is 13.1. The quantitative estimate of drug-likeness (QED) is 0.716. The summed E-state index contributed by atoms with van der Waals surface area (Å²) < 4.78 is 5.98. The molecule has 0 bridgehead atoms. The third-order valence-electron chi connectivity index (χ3n) is 8.37. The van der Waals surface area contributed by atoms with Crippen molar-refractivity contribution in [3.63, 3.8) is 0 Å². The second-order valence-electron chi connectivity index (χ2n) is 10.8. The Kier molecular flexibility index (Phi) is 5.62. The average Bonchev–Trinajstić information content (AvgIpc) is 3.01. The lowest BCUT2D eigenvalue weighted by atomic mass is 9.62. The summed E-state index contributed by atoms with van der Waals surface area (Å²) in [6.07, 6.45) is 22.9. The fraction of sp³-hybridized carbons (Fsp3) is 0.571. The number of aliphatic imine (C=N–C) groups is 2. The first kappa shape index (κ1) is 21.8. The van der Waals surface area contributed by atoms with E-state index in [0.717, 1.165) is 67.8 Å². The van der Waals surface area contributed by atoms with Gasteiger partial charge in [0.25, 0.3) is 0 Å². The Labute approximate surface area is 200 Å². The normalized spacial score (nSPS) is 30.4. The van der Waals surface area contributed by atoms with Gasteiger partial charge in [0.15, 0.2) is 5.42 Å². The highest BCUT2D eigenvalue weighted by Crippen LogP contribution is 2.46. The number of hydrogen-bond acceptors (Lipinski definition) is 6. The molecule has 0 aromatic carbocycles. The molecule has 3 atom stereocenters. The molecule has 2 fully saturated rings. The Morgan fingerprint density at radius 3 is 2.62 bits per heavy atom. The van der Waals surface area contributed by atoms with Crippen LogP contribution in [0.25, 0.3) is 12.2 Å². The van der Waals surface area contributed by atoms with Gasteiger partial charge in [0.1, 0.15) is 11.1 Å². The summed E-state index contributed by atoms with van der Waals surface area (Å²) >= 11 is 0. The lowest BCUT2D eigenvalue weighted by molar-refractivity contribution is -0.125. The summed E-state index contributed by atoms with van der Waals surface area (Å²) in [5.74, 6) is 2.05. The van der Waals surface area contributed by atoms with Gasteiger partial charge >= 0.3 is 6.01 Å². The molecule has 34 heavy (non-hydrogen) atoms. The lowest BCUT2D eigenvalue weighted by Gasteiger charge is -2.46. The predicted molar refractivity (Wildman–Crippen MR) is 135 cm³/mol. The predicted octanol–water partition coefficient (Wildman–Crippen LogP) is 4.32. The average molecular weight is 459 g/mol. The van der Waals surface area contributed by atoms with Gasteiger partial charge in [-0.2, -0.15) is 4.98 Å². The van der Waals surface area contributed by atoms with E-state index in [1.54, 1.807) is 0 Å². The maximum absolute atomic E-state index is 13.6. The van der Waals surface area contributed by atoms with Crippen molar-refractivity contribution in [1.29, 1.82) is 0 Å². The van der Waals surface area contributed by atoms with Crippen LogP contribution in [-0.4, -0.2) is 28.0 Å². The highest BCUT2D eigenvalue weighted by Gasteiger charge is 2.51. The molecule has 1 aromatic rings. The Morgan fingerprint density at radius 1 is 1.03 bits per heavy atom. The summed E-state index contributed by atoms with van der Waals surface area (Å²) in [6.45, 7) is 2.18. The van der Waals surface area contributed by atoms with Crippen LogP contribution in [0.4, 0.5) is 6.01 Å². The van der Waals surface area contributed by atoms with Gasteiger partial charge in [-0.1, -0.05) is 56.6 Å². The topological polar surface area (TPSA) is 79.9 Å². The van der Waals surface area contributed by atoms with Crippen molar-refractivity contribution in [3.05, 3.63) is 35.1 Å². The Morgan fingerprint density at radius 2 is 1.82 bits per heavy atom. The summed E-state index contributed by atoms with van der Waals surface area (Å²) in [5.41, 5.74) is 1.49. The molecule has 1 aromatic heterocycles. The smallest absolute Gasteiger partial charge is 0.302 e. The van der Waals surface area contributed by atoms with E-state index in [9.17, 15) is 4.79 Å². The SMILES string of the molecule is CC1C=c2nc(NC3=NC4(CCCCC4)C4C(=O)CC(C5CC=CC=CC5)CC4=N3)oc2=CC1. The maximum Gasteiger partial charge on any atom is 0.302 e. The van der Waals surface area contributed by atoms with Gasteiger partial charge in [0.05, 0.1) is 11.5 Å². The van der Waals surface area contributed by atoms with Crippen LogP contribution in [0.15, 0.2) is 38.7 Å². The Bertz CT molecular complexity index is 1200. The molecule has 6 heteroatoms. The van der Waals surface area contributed by atoms with E-state index in [4.69, 9.17) is 14.4 Å². The van der Waals surface area contributed by atoms with E-state index in [2.05, 4.69) is 53.7 Å². The van der Waals surface area contributed by atoms with Crippen LogP contribution in [0.3, 0.4) is 0 Å². The molecule has 6 rings (SSSR count). The fourth-order valence-corrected chi connectivity index (χ4v) is 6.66. The van der Waals surface area contributed by atoms with Crippen LogP contribution in [0.5, 0.6) is 0 Å². The monoisotopic (exact) mass is 458 g/mol. The van der Waals surface area contributed by atoms with Crippen molar-refractivity contribution in [2.45, 2.75) is 76.7 Å². The zero-order chi connectivity index (χ0) is 23.1. The number of allylic oxidation sites excluding steroid dienone is 4. The summed E-state index contributed by atoms with van der Waals surface area (Å²) in [7, 11) is 0. The number of rotatable bonds is 2. The van der Waals surface area contributed by atoms with Crippen LogP contribution in [0, 0.1) is 23.7 Å². The summed E-state index contributed by atoms with van der Waals surface area (Å²) in [4.78, 5) is 28.4. The second-order valence-corrected chi connectivity index (χ2v) is 10.8. The van der Waals surface area contributed by atoms with Crippen molar-refractivity contribution in [1.82, 2.24) is 4.98 Å². The number of guanidine groups is 1. The number of ketones is 1. The van der Waals surface area contributed by atoms with Crippen molar-refractivity contribution in [2.75, 3.05) is 5.32 Å². The minimum absolute atomic E-state index is 0.160. The number of anilines is 1. The zero-order valence-electron chi connectivity index (χ0n) is 20.0. The molecule has 1 spiro atoms. The Hall–Kier alpha value is -2.76. The largest absolute Gasteiger partial charge is 0.424 e. The molecule has 1 N–H and O–H groups in total. The molecule has 0 radical (unpaired) electrons. The number of Topliss-reactive ketones (excluding diaryl/α,β-unsaturated/α-hetero) is 1. The van der Waals surface area contributed by atoms with E-state index in [1.807, 2.05) is 0 Å². The molecule has 178 valence electrons. The molecule has 6 nitrogen and oxygen atoms in total. The first-order chi connectivity index (χ1) is 16.6. The lowest BCUT2D eigenvalue weighted by Crippen LogP contribution is -2.53. The van der Waals surface area contributed by atoms with Crippen molar-refractivity contribution in [3.8, 4) is 0 Å². The van der Waals surface area contributed by atoms with Crippen molar-refractivity contribution >= 4 is 35.6 Å². The van der Waals surface area contributed by atoms with Gasteiger partial charge in [-0.25, -0.2) is 9.98 Å². The molecule has 2 heterocycles. The number of hydrogen-bond donors (Lipinski definition) is 1. The van der Waals surface area contributed by atoms with Crippen LogP contribution in [0.2, 0.25) is 0 Å². The van der Waals surface area contributed by atoms with Crippen LogP contribution < -0.4 is 16.1 Å². The van der Waals surface area contributed by atoms with Gasteiger partial charge in [-0.05, 0) is 62.4 Å². The van der Waals surface area contributed by atoms with Gasteiger partial charge in [0.2, 0.25) is 5.96 Å². The fourth-order valence-electron chi connectivity index (χ4n) is 6.66. The van der Waals surface area contributed by atoms with E-state index < -0.39 is 0 Å². The number of aromatic nitrogens is 1. The Balaban J connectivity index is 1.33. The third kappa shape index (κ3) is 4.01. The number of carbonyl (C=O) groups is 1. The first-order valence-corrected chi connectivity index (χ1v) is 13.1. The van der Waals surface area contributed by atoms with Gasteiger partial charge in [-0.15, -0.1) is 0 Å². The molecule has 5 aliphatic rings. The molecule has 3 unspecified atom stereocenters. The molecule has 1 aliphatic heterocycles. The number of oxazole rings is 1. The third-order valence-corrected chi connectivity index (χ3v) is 8.37. The van der Waals surface area contributed by atoms with Crippen LogP contribution in [0.1, 0.15) is 71.1 Å². The van der Waals surface area contributed by atoms with Gasteiger partial charge in [0, 0.05) is 12.1 Å². The van der Waals surface area contributed by atoms with Crippen LogP contribution >= 0.6 is 0 Å². The zero-order valence-corrected chi connectivity index (χ0v) is 20.0. The van der Waals surface area contributed by atoms with Crippen LogP contribution in [-0.2, 0) is 4.79 Å². The number of carbonyl (C=O) groups excluding carboxylic acids is 1. The van der Waals surface area contributed by atoms with Crippen molar-refractivity contribution < 1.29 is 9.21 Å². The highest BCUT2D eigenvalue weighted by molar-refractivity contribution is 6.15. The molecule has 2 saturated carbocycles. The van der Waals surface area contributed by atoms with Crippen molar-refractivity contribution in [2.24, 2.45) is 33.7 Å². The number of fused-ring (bicyclic) bond motifs is 3. The molecule has 0 amide bonds. The van der Waals surface area contributed by atoms with E-state index >= 15 is 0 Å². The van der Waals surface area contributed by atoms with Gasteiger partial charge in [-0.3, -0.25) is 10.1 Å². The molecular weight excluding hydrogens is 424 g/mol. The maximum atomic E-state index is 13.6. The molecule has 4 aliphatic carbocycles.